The zero-order valence-corrected chi connectivity index (χ0v) is 10.3. The Morgan fingerprint density at radius 2 is 2.29 bits per heavy atom. The second-order valence-corrected chi connectivity index (χ2v) is 4.69. The van der Waals surface area contributed by atoms with Crippen LogP contribution in [0.4, 0.5) is 5.13 Å². The molecule has 1 aromatic carbocycles. The summed E-state index contributed by atoms with van der Waals surface area (Å²) in [5, 5.41) is 3.89. The van der Waals surface area contributed by atoms with Gasteiger partial charge in [-0.1, -0.05) is 18.2 Å². The molecule has 0 aliphatic carbocycles. The molecule has 0 saturated heterocycles. The van der Waals surface area contributed by atoms with Gasteiger partial charge in [0, 0.05) is 24.1 Å². The lowest BCUT2D eigenvalue weighted by atomic mass is 9.93. The molecule has 0 saturated carbocycles. The molecule has 5 heteroatoms. The van der Waals surface area contributed by atoms with Crippen molar-refractivity contribution in [2.24, 2.45) is 0 Å². The molecule has 1 unspecified atom stereocenters. The fourth-order valence-electron chi connectivity index (χ4n) is 2.09. The predicted molar refractivity (Wildman–Crippen MR) is 67.9 cm³/mol. The van der Waals surface area contributed by atoms with E-state index in [2.05, 4.69) is 20.7 Å². The van der Waals surface area contributed by atoms with Gasteiger partial charge < -0.3 is 10.1 Å². The first kappa shape index (κ1) is 10.5. The number of anilines is 1. The van der Waals surface area contributed by atoms with Crippen LogP contribution in [0.15, 0.2) is 24.3 Å². The van der Waals surface area contributed by atoms with Gasteiger partial charge in [-0.05, 0) is 12.5 Å². The van der Waals surface area contributed by atoms with E-state index in [1.807, 2.05) is 25.2 Å². The normalized spacial score (nSPS) is 18.3. The molecule has 0 amide bonds. The van der Waals surface area contributed by atoms with Crippen molar-refractivity contribution in [3.63, 3.8) is 0 Å². The Morgan fingerprint density at radius 1 is 1.41 bits per heavy atom. The van der Waals surface area contributed by atoms with Gasteiger partial charge in [-0.3, -0.25) is 0 Å². The van der Waals surface area contributed by atoms with Crippen molar-refractivity contribution < 1.29 is 4.74 Å². The molecular formula is C12H13N3OS. The van der Waals surface area contributed by atoms with E-state index in [0.29, 0.717) is 0 Å². The number of nitrogens with zero attached hydrogens (tertiary/aromatic N) is 2. The summed E-state index contributed by atoms with van der Waals surface area (Å²) < 4.78 is 10.1. The van der Waals surface area contributed by atoms with Crippen LogP contribution in [0.1, 0.15) is 23.7 Å². The standard InChI is InChI=1S/C12H13N3OS/c1-13-12-14-11(15-17-12)9-6-7-16-10-5-3-2-4-8(9)10/h2-5,9H,6-7H2,1H3,(H,13,14,15). The first-order chi connectivity index (χ1) is 8.38. The lowest BCUT2D eigenvalue weighted by Gasteiger charge is -2.23. The highest BCUT2D eigenvalue weighted by molar-refractivity contribution is 7.09. The monoisotopic (exact) mass is 247 g/mol. The number of rotatable bonds is 2. The maximum absolute atomic E-state index is 5.64. The quantitative estimate of drug-likeness (QED) is 0.885. The first-order valence-corrected chi connectivity index (χ1v) is 6.39. The smallest absolute Gasteiger partial charge is 0.202 e. The number of nitrogens with one attached hydrogen (secondary N) is 1. The van der Waals surface area contributed by atoms with Gasteiger partial charge >= 0.3 is 0 Å². The van der Waals surface area contributed by atoms with E-state index in [1.54, 1.807) is 0 Å². The molecule has 0 bridgehead atoms. The van der Waals surface area contributed by atoms with Gasteiger partial charge in [0.1, 0.15) is 5.75 Å². The summed E-state index contributed by atoms with van der Waals surface area (Å²) in [7, 11) is 1.86. The minimum absolute atomic E-state index is 0.262. The van der Waals surface area contributed by atoms with Crippen molar-refractivity contribution in [3.05, 3.63) is 35.7 Å². The second-order valence-electron chi connectivity index (χ2n) is 3.94. The molecule has 1 aliphatic rings. The summed E-state index contributed by atoms with van der Waals surface area (Å²) in [6, 6.07) is 8.13. The average molecular weight is 247 g/mol. The minimum atomic E-state index is 0.262. The van der Waals surface area contributed by atoms with Crippen molar-refractivity contribution in [3.8, 4) is 5.75 Å². The minimum Gasteiger partial charge on any atom is -0.493 e. The molecule has 3 rings (SSSR count). The molecule has 1 N–H and O–H groups in total. The molecule has 4 nitrogen and oxygen atoms in total. The molecule has 2 aromatic rings. The Morgan fingerprint density at radius 3 is 3.12 bits per heavy atom. The zero-order chi connectivity index (χ0) is 11.7. The molecule has 1 aliphatic heterocycles. The number of benzene rings is 1. The van der Waals surface area contributed by atoms with Crippen LogP contribution >= 0.6 is 11.5 Å². The van der Waals surface area contributed by atoms with Crippen LogP contribution in [0.25, 0.3) is 0 Å². The van der Waals surface area contributed by atoms with Gasteiger partial charge in [-0.2, -0.15) is 4.37 Å². The van der Waals surface area contributed by atoms with Gasteiger partial charge in [0.2, 0.25) is 5.13 Å². The van der Waals surface area contributed by atoms with E-state index in [-0.39, 0.29) is 5.92 Å². The fourth-order valence-corrected chi connectivity index (χ4v) is 2.66. The first-order valence-electron chi connectivity index (χ1n) is 5.61. The number of para-hydroxylation sites is 1. The molecule has 1 aromatic heterocycles. The van der Waals surface area contributed by atoms with Crippen LogP contribution in [0, 0.1) is 0 Å². The molecule has 0 fully saturated rings. The van der Waals surface area contributed by atoms with Gasteiger partial charge in [0.25, 0.3) is 0 Å². The third-order valence-electron chi connectivity index (χ3n) is 2.93. The van der Waals surface area contributed by atoms with Crippen LogP contribution < -0.4 is 10.1 Å². The van der Waals surface area contributed by atoms with E-state index in [4.69, 9.17) is 4.74 Å². The molecule has 0 radical (unpaired) electrons. The van der Waals surface area contributed by atoms with E-state index in [1.165, 1.54) is 17.1 Å². The summed E-state index contributed by atoms with van der Waals surface area (Å²) in [6.07, 6.45) is 0.941. The SMILES string of the molecule is CNc1nc(C2CCOc3ccccc32)ns1. The van der Waals surface area contributed by atoms with E-state index in [9.17, 15) is 0 Å². The molecular weight excluding hydrogens is 234 g/mol. The highest BCUT2D eigenvalue weighted by Gasteiger charge is 2.25. The van der Waals surface area contributed by atoms with Gasteiger partial charge in [-0.25, -0.2) is 4.98 Å². The van der Waals surface area contributed by atoms with Crippen LogP contribution in [0.5, 0.6) is 5.75 Å². The third kappa shape index (κ3) is 1.86. The summed E-state index contributed by atoms with van der Waals surface area (Å²) in [5.41, 5.74) is 1.19. The molecule has 2 heterocycles. The Bertz CT molecular complexity index is 526. The largest absolute Gasteiger partial charge is 0.493 e. The lowest BCUT2D eigenvalue weighted by Crippen LogP contribution is -2.16. The van der Waals surface area contributed by atoms with Crippen LogP contribution in [0.2, 0.25) is 0 Å². The topological polar surface area (TPSA) is 47.0 Å². The lowest BCUT2D eigenvalue weighted by molar-refractivity contribution is 0.275. The van der Waals surface area contributed by atoms with Gasteiger partial charge in [-0.15, -0.1) is 0 Å². The molecule has 0 spiro atoms. The van der Waals surface area contributed by atoms with Crippen LogP contribution in [-0.2, 0) is 0 Å². The van der Waals surface area contributed by atoms with Crippen molar-refractivity contribution in [2.45, 2.75) is 12.3 Å². The summed E-state index contributed by atoms with van der Waals surface area (Å²) in [4.78, 5) is 4.49. The van der Waals surface area contributed by atoms with Crippen molar-refractivity contribution in [1.82, 2.24) is 9.36 Å². The summed E-state index contributed by atoms with van der Waals surface area (Å²) in [5.74, 6) is 2.12. The van der Waals surface area contributed by atoms with Crippen molar-refractivity contribution in [1.29, 1.82) is 0 Å². The Hall–Kier alpha value is -1.62. The van der Waals surface area contributed by atoms with E-state index >= 15 is 0 Å². The zero-order valence-electron chi connectivity index (χ0n) is 9.51. The number of fused-ring (bicyclic) bond motifs is 1. The Labute approximate surface area is 104 Å². The molecule has 1 atom stereocenters. The number of ether oxygens (including phenoxy) is 1. The van der Waals surface area contributed by atoms with E-state index < -0.39 is 0 Å². The van der Waals surface area contributed by atoms with Gasteiger partial charge in [0.05, 0.1) is 12.5 Å². The number of aromatic nitrogens is 2. The summed E-state index contributed by atoms with van der Waals surface area (Å²) >= 11 is 1.40. The van der Waals surface area contributed by atoms with Crippen LogP contribution in [-0.4, -0.2) is 23.0 Å². The maximum Gasteiger partial charge on any atom is 0.202 e. The van der Waals surface area contributed by atoms with E-state index in [0.717, 1.165) is 29.7 Å². The number of hydrogen-bond acceptors (Lipinski definition) is 5. The van der Waals surface area contributed by atoms with Crippen LogP contribution in [0.3, 0.4) is 0 Å². The third-order valence-corrected chi connectivity index (χ3v) is 3.67. The average Bonchev–Trinajstić information content (AvgIpc) is 2.87. The fraction of sp³-hybridized carbons (Fsp3) is 0.333. The molecule has 88 valence electrons. The summed E-state index contributed by atoms with van der Waals surface area (Å²) in [6.45, 7) is 0.732. The maximum atomic E-state index is 5.64. The second kappa shape index (κ2) is 4.33. The van der Waals surface area contributed by atoms with Crippen molar-refractivity contribution >= 4 is 16.7 Å². The molecule has 17 heavy (non-hydrogen) atoms. The highest BCUT2D eigenvalue weighted by Crippen LogP contribution is 2.37. The Kier molecular flexibility index (Phi) is 2.68. The Balaban J connectivity index is 1.99. The predicted octanol–water partition coefficient (Wildman–Crippen LogP) is 2.49. The van der Waals surface area contributed by atoms with Gasteiger partial charge in [0.15, 0.2) is 5.82 Å². The van der Waals surface area contributed by atoms with Crippen molar-refractivity contribution in [2.75, 3.05) is 19.0 Å². The highest BCUT2D eigenvalue weighted by atomic mass is 32.1. The number of hydrogen-bond donors (Lipinski definition) is 1.